The number of carbonyl (C=O) groups is 2. The minimum absolute atomic E-state index is 0.244. The number of carboxylic acid groups (broad SMARTS) is 1. The van der Waals surface area contributed by atoms with Crippen LogP contribution in [0.1, 0.15) is 31.1 Å². The molecule has 2 aromatic carbocycles. The van der Waals surface area contributed by atoms with Crippen molar-refractivity contribution in [1.29, 1.82) is 0 Å². The highest BCUT2D eigenvalue weighted by atomic mass is 16.4. The summed E-state index contributed by atoms with van der Waals surface area (Å²) in [4.78, 5) is 22.7. The van der Waals surface area contributed by atoms with E-state index in [-0.39, 0.29) is 17.1 Å². The van der Waals surface area contributed by atoms with Gasteiger partial charge in [-0.15, -0.1) is 0 Å². The normalized spacial score (nSPS) is 11.2. The Morgan fingerprint density at radius 2 is 1.62 bits per heavy atom. The highest BCUT2D eigenvalue weighted by Gasteiger charge is 2.13. The second kappa shape index (κ2) is 5.44. The van der Waals surface area contributed by atoms with E-state index >= 15 is 0 Å². The number of rotatable bonds is 2. The number of urea groups is 1. The Morgan fingerprint density at radius 1 is 1.00 bits per heavy atom. The topological polar surface area (TPSA) is 78.4 Å². The van der Waals surface area contributed by atoms with Gasteiger partial charge in [0.2, 0.25) is 0 Å². The Hall–Kier alpha value is -2.56. The van der Waals surface area contributed by atoms with Gasteiger partial charge in [0.1, 0.15) is 0 Å². The van der Waals surface area contributed by atoms with E-state index in [0.29, 0.717) is 5.69 Å². The van der Waals surface area contributed by atoms with Gasteiger partial charge >= 0.3 is 12.0 Å². The number of hydrogen-bond acceptors (Lipinski definition) is 2. The molecule has 110 valence electrons. The maximum atomic E-state index is 11.8. The number of nitrogens with one attached hydrogen (secondary N) is 2. The van der Waals surface area contributed by atoms with Crippen LogP contribution in [0.2, 0.25) is 0 Å². The molecule has 0 saturated heterocycles. The van der Waals surface area contributed by atoms with E-state index in [2.05, 4.69) is 10.6 Å². The lowest BCUT2D eigenvalue weighted by Crippen LogP contribution is -2.43. The zero-order chi connectivity index (χ0) is 15.6. The van der Waals surface area contributed by atoms with Gasteiger partial charge < -0.3 is 15.7 Å². The molecule has 0 aliphatic heterocycles. The molecule has 0 aliphatic rings. The lowest BCUT2D eigenvalue weighted by atomic mass is 10.1. The number of anilines is 1. The van der Waals surface area contributed by atoms with E-state index in [9.17, 15) is 9.59 Å². The summed E-state index contributed by atoms with van der Waals surface area (Å²) in [6, 6.07) is 9.95. The van der Waals surface area contributed by atoms with Crippen LogP contribution in [0.15, 0.2) is 36.4 Å². The molecule has 2 amide bonds. The Kier molecular flexibility index (Phi) is 3.84. The summed E-state index contributed by atoms with van der Waals surface area (Å²) in [5.41, 5.74) is 0.595. The van der Waals surface area contributed by atoms with Crippen LogP contribution in [-0.4, -0.2) is 22.6 Å². The van der Waals surface area contributed by atoms with Gasteiger partial charge in [-0.2, -0.15) is 0 Å². The predicted molar refractivity (Wildman–Crippen MR) is 82.8 cm³/mol. The Labute approximate surface area is 123 Å². The average Bonchev–Trinajstić information content (AvgIpc) is 2.35. The first-order chi connectivity index (χ1) is 9.74. The Balaban J connectivity index is 2.22. The van der Waals surface area contributed by atoms with Crippen molar-refractivity contribution >= 4 is 28.5 Å². The second-order valence-electron chi connectivity index (χ2n) is 5.91. The smallest absolute Gasteiger partial charge is 0.335 e. The van der Waals surface area contributed by atoms with Crippen molar-refractivity contribution in [3.8, 4) is 0 Å². The average molecular weight is 286 g/mol. The van der Waals surface area contributed by atoms with E-state index in [1.807, 2.05) is 26.8 Å². The minimum Gasteiger partial charge on any atom is -0.478 e. The lowest BCUT2D eigenvalue weighted by Gasteiger charge is -2.20. The molecule has 2 rings (SSSR count). The van der Waals surface area contributed by atoms with Crippen molar-refractivity contribution in [2.75, 3.05) is 5.32 Å². The number of aromatic carboxylic acids is 1. The van der Waals surface area contributed by atoms with Gasteiger partial charge in [-0.25, -0.2) is 9.59 Å². The van der Waals surface area contributed by atoms with Crippen LogP contribution in [-0.2, 0) is 0 Å². The maximum Gasteiger partial charge on any atom is 0.335 e. The van der Waals surface area contributed by atoms with Gasteiger partial charge in [0.15, 0.2) is 0 Å². The van der Waals surface area contributed by atoms with Gasteiger partial charge in [-0.3, -0.25) is 0 Å². The van der Waals surface area contributed by atoms with Crippen molar-refractivity contribution < 1.29 is 14.7 Å². The first kappa shape index (κ1) is 14.8. The molecule has 0 aliphatic carbocycles. The van der Waals surface area contributed by atoms with E-state index in [1.165, 1.54) is 0 Å². The first-order valence-corrected chi connectivity index (χ1v) is 6.61. The number of amides is 2. The maximum absolute atomic E-state index is 11.8. The van der Waals surface area contributed by atoms with E-state index in [4.69, 9.17) is 5.11 Å². The molecule has 5 nitrogen and oxygen atoms in total. The molecule has 0 fully saturated rings. The molecular formula is C16H18N2O3. The van der Waals surface area contributed by atoms with Crippen molar-refractivity contribution in [3.63, 3.8) is 0 Å². The molecule has 21 heavy (non-hydrogen) atoms. The number of fused-ring (bicyclic) bond motifs is 1. The molecule has 0 heterocycles. The van der Waals surface area contributed by atoms with E-state index in [1.54, 1.807) is 30.3 Å². The SMILES string of the molecule is CC(C)(C)NC(=O)Nc1ccc2cc(C(=O)O)ccc2c1. The van der Waals surface area contributed by atoms with Crippen LogP contribution in [0.3, 0.4) is 0 Å². The molecule has 5 heteroatoms. The quantitative estimate of drug-likeness (QED) is 0.791. The third-order valence-electron chi connectivity index (χ3n) is 2.83. The number of benzene rings is 2. The third kappa shape index (κ3) is 3.95. The summed E-state index contributed by atoms with van der Waals surface area (Å²) in [7, 11) is 0. The molecular weight excluding hydrogens is 268 g/mol. The summed E-state index contributed by atoms with van der Waals surface area (Å²) in [6.07, 6.45) is 0. The Morgan fingerprint density at radius 3 is 2.24 bits per heavy atom. The van der Waals surface area contributed by atoms with Crippen molar-refractivity contribution in [3.05, 3.63) is 42.0 Å². The third-order valence-corrected chi connectivity index (χ3v) is 2.83. The summed E-state index contributed by atoms with van der Waals surface area (Å²) in [5, 5.41) is 16.2. The van der Waals surface area contributed by atoms with Crippen LogP contribution in [0.5, 0.6) is 0 Å². The summed E-state index contributed by atoms with van der Waals surface area (Å²) < 4.78 is 0. The standard InChI is InChI=1S/C16H18N2O3/c1-16(2,3)18-15(21)17-13-7-6-10-8-12(14(19)20)5-4-11(10)9-13/h4-9H,1-3H3,(H,19,20)(H2,17,18,21). The molecule has 0 unspecified atom stereocenters. The fourth-order valence-electron chi connectivity index (χ4n) is 1.96. The highest BCUT2D eigenvalue weighted by Crippen LogP contribution is 2.21. The summed E-state index contributed by atoms with van der Waals surface area (Å²) in [6.45, 7) is 5.71. The van der Waals surface area contributed by atoms with E-state index in [0.717, 1.165) is 10.8 Å². The van der Waals surface area contributed by atoms with Crippen LogP contribution in [0.25, 0.3) is 10.8 Å². The Bertz CT molecular complexity index is 702. The van der Waals surface area contributed by atoms with E-state index < -0.39 is 5.97 Å². The monoisotopic (exact) mass is 286 g/mol. The molecule has 0 radical (unpaired) electrons. The van der Waals surface area contributed by atoms with Gasteiger partial charge in [-0.1, -0.05) is 12.1 Å². The largest absolute Gasteiger partial charge is 0.478 e. The van der Waals surface area contributed by atoms with Gasteiger partial charge in [0.25, 0.3) is 0 Å². The van der Waals surface area contributed by atoms with Crippen LogP contribution >= 0.6 is 0 Å². The molecule has 0 atom stereocenters. The van der Waals surface area contributed by atoms with Crippen molar-refractivity contribution in [2.45, 2.75) is 26.3 Å². The fraction of sp³-hybridized carbons (Fsp3) is 0.250. The van der Waals surface area contributed by atoms with Crippen LogP contribution in [0, 0.1) is 0 Å². The van der Waals surface area contributed by atoms with Crippen LogP contribution in [0.4, 0.5) is 10.5 Å². The molecule has 0 aromatic heterocycles. The summed E-state index contributed by atoms with van der Waals surface area (Å²) in [5.74, 6) is -0.955. The molecule has 0 saturated carbocycles. The molecule has 0 bridgehead atoms. The van der Waals surface area contributed by atoms with Crippen molar-refractivity contribution in [1.82, 2.24) is 5.32 Å². The molecule has 3 N–H and O–H groups in total. The lowest BCUT2D eigenvalue weighted by molar-refractivity contribution is 0.0697. The van der Waals surface area contributed by atoms with Gasteiger partial charge in [0, 0.05) is 11.2 Å². The van der Waals surface area contributed by atoms with Gasteiger partial charge in [0.05, 0.1) is 5.56 Å². The zero-order valence-corrected chi connectivity index (χ0v) is 12.2. The predicted octanol–water partition coefficient (Wildman–Crippen LogP) is 3.46. The summed E-state index contributed by atoms with van der Waals surface area (Å²) >= 11 is 0. The zero-order valence-electron chi connectivity index (χ0n) is 12.2. The van der Waals surface area contributed by atoms with Crippen LogP contribution < -0.4 is 10.6 Å². The molecule has 2 aromatic rings. The molecule has 0 spiro atoms. The number of hydrogen-bond donors (Lipinski definition) is 3. The van der Waals surface area contributed by atoms with Crippen molar-refractivity contribution in [2.24, 2.45) is 0 Å². The number of carbonyl (C=O) groups excluding carboxylic acids is 1. The second-order valence-corrected chi connectivity index (χ2v) is 5.91. The number of carboxylic acids is 1. The first-order valence-electron chi connectivity index (χ1n) is 6.61. The highest BCUT2D eigenvalue weighted by molar-refractivity contribution is 5.97. The van der Waals surface area contributed by atoms with Gasteiger partial charge in [-0.05, 0) is 55.8 Å². The minimum atomic E-state index is -0.955. The fourth-order valence-corrected chi connectivity index (χ4v) is 1.96.